The number of amides is 1. The summed E-state index contributed by atoms with van der Waals surface area (Å²) in [6.45, 7) is 9.23. The molecule has 8 nitrogen and oxygen atoms in total. The van der Waals surface area contributed by atoms with Crippen LogP contribution in [0.1, 0.15) is 39.2 Å². The van der Waals surface area contributed by atoms with Crippen LogP contribution in [-0.4, -0.2) is 65.2 Å². The Labute approximate surface area is 189 Å². The number of guanidine groups is 1. The quantitative estimate of drug-likeness (QED) is 0.367. The molecule has 9 heteroatoms. The Morgan fingerprint density at radius 1 is 1.24 bits per heavy atom. The molecule has 0 bridgehead atoms. The van der Waals surface area contributed by atoms with E-state index in [0.717, 1.165) is 12.2 Å². The van der Waals surface area contributed by atoms with E-state index >= 15 is 0 Å². The molecule has 162 valence electrons. The summed E-state index contributed by atoms with van der Waals surface area (Å²) in [6.07, 6.45) is 3.96. The number of aromatic nitrogens is 1. The van der Waals surface area contributed by atoms with Crippen molar-refractivity contribution in [1.29, 1.82) is 0 Å². The summed E-state index contributed by atoms with van der Waals surface area (Å²) in [7, 11) is 0. The van der Waals surface area contributed by atoms with Gasteiger partial charge < -0.3 is 25.0 Å². The fraction of sp³-hybridized carbons (Fsp3) is 0.650. The predicted octanol–water partition coefficient (Wildman–Crippen LogP) is 2.86. The Morgan fingerprint density at radius 3 is 2.52 bits per heavy atom. The highest BCUT2D eigenvalue weighted by Crippen LogP contribution is 2.29. The maximum atomic E-state index is 12.1. The maximum Gasteiger partial charge on any atom is 0.410 e. The molecular weight excluding hydrogens is 485 g/mol. The Bertz CT molecular complexity index is 710. The van der Waals surface area contributed by atoms with Crippen LogP contribution in [0.4, 0.5) is 4.79 Å². The van der Waals surface area contributed by atoms with E-state index in [2.05, 4.69) is 9.98 Å². The van der Waals surface area contributed by atoms with Crippen molar-refractivity contribution >= 4 is 36.0 Å². The van der Waals surface area contributed by atoms with Crippen molar-refractivity contribution in [2.45, 2.75) is 45.8 Å². The van der Waals surface area contributed by atoms with E-state index in [1.807, 2.05) is 37.8 Å². The molecule has 0 atom stereocenters. The summed E-state index contributed by atoms with van der Waals surface area (Å²) in [4.78, 5) is 24.6. The number of hydrogen-bond donors (Lipinski definition) is 1. The zero-order valence-corrected chi connectivity index (χ0v) is 19.8. The molecule has 0 radical (unpaired) electrons. The molecular formula is C20H32IN5O3. The van der Waals surface area contributed by atoms with Crippen LogP contribution in [0.5, 0.6) is 5.88 Å². The van der Waals surface area contributed by atoms with Gasteiger partial charge in [0, 0.05) is 38.4 Å². The molecule has 3 rings (SSSR count). The molecule has 2 aliphatic rings. The number of nitrogens with two attached hydrogens (primary N) is 1. The third-order valence-corrected chi connectivity index (χ3v) is 4.64. The lowest BCUT2D eigenvalue weighted by Gasteiger charge is -2.36. The van der Waals surface area contributed by atoms with Gasteiger partial charge >= 0.3 is 6.09 Å². The van der Waals surface area contributed by atoms with Crippen molar-refractivity contribution in [2.75, 3.05) is 32.8 Å². The van der Waals surface area contributed by atoms with E-state index in [0.29, 0.717) is 50.5 Å². The maximum absolute atomic E-state index is 12.1. The second-order valence-electron chi connectivity index (χ2n) is 8.39. The number of piperazine rings is 1. The van der Waals surface area contributed by atoms with Gasteiger partial charge in [-0.15, -0.1) is 24.0 Å². The molecule has 0 aromatic carbocycles. The van der Waals surface area contributed by atoms with Gasteiger partial charge in [-0.2, -0.15) is 0 Å². The molecule has 2 fully saturated rings. The van der Waals surface area contributed by atoms with E-state index in [-0.39, 0.29) is 30.1 Å². The second kappa shape index (κ2) is 10.3. The number of carbonyl (C=O) groups excluding carboxylic acids is 1. The summed E-state index contributed by atoms with van der Waals surface area (Å²) < 4.78 is 11.1. The van der Waals surface area contributed by atoms with Gasteiger partial charge in [0.15, 0.2) is 5.96 Å². The first-order chi connectivity index (χ1) is 13.3. The van der Waals surface area contributed by atoms with Gasteiger partial charge in [0.05, 0.1) is 13.2 Å². The van der Waals surface area contributed by atoms with E-state index in [9.17, 15) is 4.79 Å². The fourth-order valence-corrected chi connectivity index (χ4v) is 2.83. The SMILES string of the molecule is CC(C)(C)OC(=O)N1CCN(C(N)=NCc2ccnc(OCC3CC3)c2)CC1.I. The average molecular weight is 517 g/mol. The Kier molecular flexibility index (Phi) is 8.35. The molecule has 1 aromatic heterocycles. The monoisotopic (exact) mass is 517 g/mol. The normalized spacial score (nSPS) is 17.6. The van der Waals surface area contributed by atoms with Crippen molar-refractivity contribution < 1.29 is 14.3 Å². The summed E-state index contributed by atoms with van der Waals surface area (Å²) in [5.41, 5.74) is 6.68. The summed E-state index contributed by atoms with van der Waals surface area (Å²) in [5, 5.41) is 0. The van der Waals surface area contributed by atoms with Crippen LogP contribution in [0, 0.1) is 5.92 Å². The molecule has 0 spiro atoms. The summed E-state index contributed by atoms with van der Waals surface area (Å²) >= 11 is 0. The van der Waals surface area contributed by atoms with Crippen LogP contribution in [0.15, 0.2) is 23.3 Å². The second-order valence-corrected chi connectivity index (χ2v) is 8.39. The molecule has 1 saturated carbocycles. The minimum absolute atomic E-state index is 0. The molecule has 1 aliphatic carbocycles. The molecule has 1 saturated heterocycles. The lowest BCUT2D eigenvalue weighted by atomic mass is 10.2. The zero-order valence-electron chi connectivity index (χ0n) is 17.5. The van der Waals surface area contributed by atoms with Crippen molar-refractivity contribution in [3.8, 4) is 5.88 Å². The van der Waals surface area contributed by atoms with Crippen molar-refractivity contribution in [2.24, 2.45) is 16.6 Å². The van der Waals surface area contributed by atoms with Gasteiger partial charge in [0.25, 0.3) is 0 Å². The standard InChI is InChI=1S/C20H31N5O3.HI/c1-20(2,3)28-19(26)25-10-8-24(9-11-25)18(21)23-13-16-6-7-22-17(12-16)27-14-15-4-5-15;/h6-7,12,15H,4-5,8-11,13-14H2,1-3H3,(H2,21,23);1H. The van der Waals surface area contributed by atoms with E-state index in [1.54, 1.807) is 11.1 Å². The predicted molar refractivity (Wildman–Crippen MR) is 123 cm³/mol. The van der Waals surface area contributed by atoms with Gasteiger partial charge in [-0.3, -0.25) is 0 Å². The number of aliphatic imine (C=N–C) groups is 1. The first kappa shape index (κ1) is 23.5. The molecule has 1 aliphatic heterocycles. The average Bonchev–Trinajstić information content (AvgIpc) is 3.48. The third kappa shape index (κ3) is 7.87. The van der Waals surface area contributed by atoms with Crippen LogP contribution < -0.4 is 10.5 Å². The minimum atomic E-state index is -0.486. The van der Waals surface area contributed by atoms with E-state index < -0.39 is 5.60 Å². The molecule has 2 heterocycles. The molecule has 0 unspecified atom stereocenters. The van der Waals surface area contributed by atoms with Crippen LogP contribution in [0.2, 0.25) is 0 Å². The molecule has 1 aromatic rings. The Morgan fingerprint density at radius 2 is 1.90 bits per heavy atom. The van der Waals surface area contributed by atoms with Gasteiger partial charge in [0.2, 0.25) is 5.88 Å². The number of hydrogen-bond acceptors (Lipinski definition) is 5. The largest absolute Gasteiger partial charge is 0.477 e. The van der Waals surface area contributed by atoms with Gasteiger partial charge in [-0.05, 0) is 51.2 Å². The number of ether oxygens (including phenoxy) is 2. The highest BCUT2D eigenvalue weighted by molar-refractivity contribution is 14.0. The van der Waals surface area contributed by atoms with Crippen molar-refractivity contribution in [1.82, 2.24) is 14.8 Å². The van der Waals surface area contributed by atoms with Gasteiger partial charge in [-0.25, -0.2) is 14.8 Å². The number of pyridine rings is 1. The van der Waals surface area contributed by atoms with Crippen molar-refractivity contribution in [3.05, 3.63) is 23.9 Å². The lowest BCUT2D eigenvalue weighted by molar-refractivity contribution is 0.0186. The number of rotatable bonds is 5. The van der Waals surface area contributed by atoms with Crippen LogP contribution in [-0.2, 0) is 11.3 Å². The van der Waals surface area contributed by atoms with Crippen molar-refractivity contribution in [3.63, 3.8) is 0 Å². The highest BCUT2D eigenvalue weighted by atomic mass is 127. The van der Waals surface area contributed by atoms with Gasteiger partial charge in [-0.1, -0.05) is 0 Å². The third-order valence-electron chi connectivity index (χ3n) is 4.64. The zero-order chi connectivity index (χ0) is 20.1. The van der Waals surface area contributed by atoms with Crippen LogP contribution in [0.25, 0.3) is 0 Å². The molecule has 29 heavy (non-hydrogen) atoms. The van der Waals surface area contributed by atoms with Crippen LogP contribution >= 0.6 is 24.0 Å². The minimum Gasteiger partial charge on any atom is -0.477 e. The van der Waals surface area contributed by atoms with Gasteiger partial charge in [0.1, 0.15) is 5.60 Å². The van der Waals surface area contributed by atoms with E-state index in [4.69, 9.17) is 15.2 Å². The number of nitrogens with zero attached hydrogens (tertiary/aromatic N) is 4. The first-order valence-electron chi connectivity index (χ1n) is 9.91. The number of halogens is 1. The Balaban J connectivity index is 0.00000300. The van der Waals surface area contributed by atoms with E-state index in [1.165, 1.54) is 12.8 Å². The summed E-state index contributed by atoms with van der Waals surface area (Å²) in [5.74, 6) is 1.82. The molecule has 1 amide bonds. The summed E-state index contributed by atoms with van der Waals surface area (Å²) in [6, 6.07) is 3.83. The fourth-order valence-electron chi connectivity index (χ4n) is 2.83. The number of carbonyl (C=O) groups is 1. The topological polar surface area (TPSA) is 93.3 Å². The highest BCUT2D eigenvalue weighted by Gasteiger charge is 2.26. The first-order valence-corrected chi connectivity index (χ1v) is 9.91. The smallest absolute Gasteiger partial charge is 0.410 e. The lowest BCUT2D eigenvalue weighted by Crippen LogP contribution is -2.53. The Hall–Kier alpha value is -1.78. The molecule has 2 N–H and O–H groups in total. The van der Waals surface area contributed by atoms with Crippen LogP contribution in [0.3, 0.4) is 0 Å².